The minimum atomic E-state index is -0.402. The van der Waals surface area contributed by atoms with Crippen molar-refractivity contribution in [1.82, 2.24) is 4.98 Å². The fraction of sp³-hybridized carbons (Fsp3) is 0.214. The predicted molar refractivity (Wildman–Crippen MR) is 76.1 cm³/mol. The molecule has 2 rings (SSSR count). The van der Waals surface area contributed by atoms with Crippen LogP contribution in [-0.2, 0) is 6.61 Å². The quantitative estimate of drug-likeness (QED) is 0.488. The van der Waals surface area contributed by atoms with Crippen molar-refractivity contribution in [3.8, 4) is 5.75 Å². The average molecular weight is 293 g/mol. The maximum Gasteiger partial charge on any atom is 0.272 e. The number of benzene rings is 1. The van der Waals surface area contributed by atoms with Gasteiger partial charge in [0.05, 0.1) is 4.92 Å². The van der Waals surface area contributed by atoms with Crippen molar-refractivity contribution >= 4 is 17.3 Å². The van der Waals surface area contributed by atoms with Gasteiger partial charge in [0.2, 0.25) is 0 Å². The second kappa shape index (κ2) is 5.88. The van der Waals surface area contributed by atoms with Gasteiger partial charge in [-0.2, -0.15) is 0 Å². The van der Waals surface area contributed by atoms with Crippen molar-refractivity contribution in [2.75, 3.05) is 0 Å². The Hall–Kier alpha value is -2.14. The molecule has 1 aromatic carbocycles. The zero-order valence-electron chi connectivity index (χ0n) is 11.1. The van der Waals surface area contributed by atoms with E-state index in [-0.39, 0.29) is 17.4 Å². The lowest BCUT2D eigenvalue weighted by Crippen LogP contribution is -2.02. The maximum absolute atomic E-state index is 10.9. The Morgan fingerprint density at radius 2 is 2.10 bits per heavy atom. The monoisotopic (exact) mass is 292 g/mol. The van der Waals surface area contributed by atoms with Gasteiger partial charge in [-0.1, -0.05) is 23.7 Å². The Balaban J connectivity index is 2.24. The molecule has 2 aromatic rings. The number of halogens is 1. The van der Waals surface area contributed by atoms with Gasteiger partial charge in [0, 0.05) is 17.8 Å². The number of hydrogen-bond donors (Lipinski definition) is 0. The fourth-order valence-electron chi connectivity index (χ4n) is 1.86. The highest BCUT2D eigenvalue weighted by atomic mass is 35.5. The van der Waals surface area contributed by atoms with Crippen LogP contribution in [0.2, 0.25) is 5.15 Å². The number of nitro groups is 1. The normalized spacial score (nSPS) is 10.3. The summed E-state index contributed by atoms with van der Waals surface area (Å²) in [6.07, 6.45) is 1.60. The summed E-state index contributed by atoms with van der Waals surface area (Å²) < 4.78 is 5.65. The van der Waals surface area contributed by atoms with Gasteiger partial charge < -0.3 is 4.74 Å². The highest BCUT2D eigenvalue weighted by Gasteiger charge is 2.14. The number of aryl methyl sites for hydroxylation is 1. The van der Waals surface area contributed by atoms with Crippen LogP contribution in [0.3, 0.4) is 0 Å². The van der Waals surface area contributed by atoms with E-state index in [9.17, 15) is 10.1 Å². The molecule has 0 saturated carbocycles. The van der Waals surface area contributed by atoms with Crippen molar-refractivity contribution < 1.29 is 9.66 Å². The maximum atomic E-state index is 10.9. The number of hydrogen-bond acceptors (Lipinski definition) is 4. The Bertz CT molecular complexity index is 639. The Labute approximate surface area is 121 Å². The molecule has 20 heavy (non-hydrogen) atoms. The van der Waals surface area contributed by atoms with Crippen LogP contribution in [0.4, 0.5) is 5.69 Å². The molecule has 104 valence electrons. The Morgan fingerprint density at radius 1 is 1.35 bits per heavy atom. The third-order valence-corrected chi connectivity index (χ3v) is 3.31. The van der Waals surface area contributed by atoms with Gasteiger partial charge >= 0.3 is 0 Å². The first kappa shape index (κ1) is 14.3. The van der Waals surface area contributed by atoms with Crippen LogP contribution in [0.25, 0.3) is 0 Å². The smallest absolute Gasteiger partial charge is 0.272 e. The zero-order chi connectivity index (χ0) is 14.7. The molecule has 0 aliphatic heterocycles. The summed E-state index contributed by atoms with van der Waals surface area (Å²) in [6, 6.07) is 6.70. The highest BCUT2D eigenvalue weighted by Crippen LogP contribution is 2.28. The van der Waals surface area contributed by atoms with Crippen LogP contribution in [0, 0.1) is 24.0 Å². The Morgan fingerprint density at radius 3 is 2.75 bits per heavy atom. The van der Waals surface area contributed by atoms with E-state index in [0.29, 0.717) is 11.3 Å². The first-order chi connectivity index (χ1) is 9.50. The molecule has 0 saturated heterocycles. The highest BCUT2D eigenvalue weighted by molar-refractivity contribution is 6.30. The molecular formula is C14H13ClN2O3. The van der Waals surface area contributed by atoms with Gasteiger partial charge in [-0.3, -0.25) is 10.1 Å². The SMILES string of the molecule is Cc1ccnc(Cl)c1OCc1cccc([N+](=O)[O-])c1C. The van der Waals surface area contributed by atoms with Gasteiger partial charge in [0.15, 0.2) is 10.9 Å². The number of nitrogens with zero attached hydrogens (tertiary/aromatic N) is 2. The first-order valence-corrected chi connectivity index (χ1v) is 6.35. The van der Waals surface area contributed by atoms with Crippen molar-refractivity contribution in [2.45, 2.75) is 20.5 Å². The van der Waals surface area contributed by atoms with Crippen molar-refractivity contribution in [3.63, 3.8) is 0 Å². The number of rotatable bonds is 4. The molecule has 0 amide bonds. The molecule has 0 fully saturated rings. The van der Waals surface area contributed by atoms with Gasteiger partial charge in [0.1, 0.15) is 6.61 Å². The summed E-state index contributed by atoms with van der Waals surface area (Å²) in [6.45, 7) is 3.78. The minimum absolute atomic E-state index is 0.0834. The lowest BCUT2D eigenvalue weighted by Gasteiger charge is -2.11. The van der Waals surface area contributed by atoms with E-state index in [2.05, 4.69) is 4.98 Å². The largest absolute Gasteiger partial charge is 0.485 e. The summed E-state index contributed by atoms with van der Waals surface area (Å²) in [7, 11) is 0. The molecule has 0 aliphatic rings. The van der Waals surface area contributed by atoms with E-state index in [1.807, 2.05) is 6.92 Å². The minimum Gasteiger partial charge on any atom is -0.485 e. The molecule has 0 spiro atoms. The second-order valence-electron chi connectivity index (χ2n) is 4.35. The molecule has 0 radical (unpaired) electrons. The van der Waals surface area contributed by atoms with Crippen LogP contribution in [0.1, 0.15) is 16.7 Å². The molecule has 1 aromatic heterocycles. The van der Waals surface area contributed by atoms with Crippen LogP contribution < -0.4 is 4.74 Å². The summed E-state index contributed by atoms with van der Waals surface area (Å²) in [5.74, 6) is 0.500. The second-order valence-corrected chi connectivity index (χ2v) is 4.71. The summed E-state index contributed by atoms with van der Waals surface area (Å²) in [5.41, 5.74) is 2.29. The van der Waals surface area contributed by atoms with Crippen LogP contribution >= 0.6 is 11.6 Å². The third kappa shape index (κ3) is 2.88. The van der Waals surface area contributed by atoms with E-state index in [4.69, 9.17) is 16.3 Å². The van der Waals surface area contributed by atoms with E-state index >= 15 is 0 Å². The molecule has 5 nitrogen and oxygen atoms in total. The van der Waals surface area contributed by atoms with Crippen molar-refractivity contribution in [2.24, 2.45) is 0 Å². The average Bonchev–Trinajstić information content (AvgIpc) is 2.39. The number of nitro benzene ring substituents is 1. The summed E-state index contributed by atoms with van der Waals surface area (Å²) in [4.78, 5) is 14.4. The van der Waals surface area contributed by atoms with E-state index in [0.717, 1.165) is 11.1 Å². The molecule has 0 N–H and O–H groups in total. The number of aromatic nitrogens is 1. The number of pyridine rings is 1. The van der Waals surface area contributed by atoms with Gasteiger partial charge in [0.25, 0.3) is 5.69 Å². The molecule has 0 aliphatic carbocycles. The lowest BCUT2D eigenvalue weighted by molar-refractivity contribution is -0.385. The van der Waals surface area contributed by atoms with Crippen LogP contribution in [0.15, 0.2) is 30.5 Å². The molecule has 6 heteroatoms. The lowest BCUT2D eigenvalue weighted by atomic mass is 10.1. The van der Waals surface area contributed by atoms with E-state index < -0.39 is 4.92 Å². The Kier molecular flexibility index (Phi) is 4.20. The molecule has 0 bridgehead atoms. The first-order valence-electron chi connectivity index (χ1n) is 5.97. The van der Waals surface area contributed by atoms with Gasteiger partial charge in [-0.15, -0.1) is 0 Å². The molecule has 1 heterocycles. The summed E-state index contributed by atoms with van der Waals surface area (Å²) >= 11 is 5.97. The van der Waals surface area contributed by atoms with Crippen molar-refractivity contribution in [3.05, 3.63) is 62.4 Å². The number of ether oxygens (including phenoxy) is 1. The molecular weight excluding hydrogens is 280 g/mol. The van der Waals surface area contributed by atoms with Gasteiger partial charge in [-0.05, 0) is 31.0 Å². The molecule has 0 atom stereocenters. The van der Waals surface area contributed by atoms with Crippen LogP contribution in [-0.4, -0.2) is 9.91 Å². The van der Waals surface area contributed by atoms with Gasteiger partial charge in [-0.25, -0.2) is 4.98 Å². The standard InChI is InChI=1S/C14H13ClN2O3/c1-9-6-7-16-14(15)13(9)20-8-11-4-3-5-12(10(11)2)17(18)19/h3-7H,8H2,1-2H3. The fourth-order valence-corrected chi connectivity index (χ4v) is 2.12. The predicted octanol–water partition coefficient (Wildman–Crippen LogP) is 3.84. The molecule has 0 unspecified atom stereocenters. The topological polar surface area (TPSA) is 65.3 Å². The van der Waals surface area contributed by atoms with Crippen LogP contribution in [0.5, 0.6) is 5.75 Å². The van der Waals surface area contributed by atoms with E-state index in [1.54, 1.807) is 31.3 Å². The summed E-state index contributed by atoms with van der Waals surface area (Å²) in [5, 5.41) is 11.2. The van der Waals surface area contributed by atoms with Crippen molar-refractivity contribution in [1.29, 1.82) is 0 Å². The third-order valence-electron chi connectivity index (χ3n) is 3.04. The zero-order valence-corrected chi connectivity index (χ0v) is 11.8. The van der Waals surface area contributed by atoms with E-state index in [1.165, 1.54) is 6.07 Å².